The fourth-order valence-corrected chi connectivity index (χ4v) is 7.57. The van der Waals surface area contributed by atoms with Gasteiger partial charge in [-0.25, -0.2) is 4.99 Å². The molecule has 2 fully saturated rings. The molecule has 0 aliphatic carbocycles. The predicted molar refractivity (Wildman–Crippen MR) is 178 cm³/mol. The van der Waals surface area contributed by atoms with Crippen LogP contribution in [0.2, 0.25) is 0 Å². The van der Waals surface area contributed by atoms with E-state index in [0.717, 1.165) is 0 Å². The summed E-state index contributed by atoms with van der Waals surface area (Å²) in [6.45, 7) is 13.8. The first-order valence-electron chi connectivity index (χ1n) is 17.1. The third kappa shape index (κ3) is 9.10. The Kier molecular flexibility index (Phi) is 13.6. The Morgan fingerprint density at radius 1 is 1.15 bits per heavy atom. The molecule has 0 saturated carbocycles. The lowest BCUT2D eigenvalue weighted by atomic mass is 9.75. The number of amides is 1. The molecular weight excluding hydrogens is 624 g/mol. The molecule has 48 heavy (non-hydrogen) atoms. The first-order valence-corrected chi connectivity index (χ1v) is 17.1. The third-order valence-corrected chi connectivity index (χ3v) is 10.2. The standard InChI is InChI=1S/C35H60N2O11/c1-12-26-34(9,42)30-23(6)27(36-24(7)39)21(4)15-33(8,45-18-35(43,16-38)17-44-30)29(19(2)13-20(3)31(41)47-26)48-32-28(40)25(37(10)11)14-22(5)46-32/h13,20-23,25-26,28-30,32,38,40,42-43H,12,14-18H2,1-11H3/b19-13-,36-27?/t20?,21-,22-,23+,25+,26-,28-,29-,30+,32+,33-,34-,35?/m1/s1. The number of hydrogen-bond acceptors (Lipinski definition) is 12. The highest BCUT2D eigenvalue weighted by Crippen LogP contribution is 2.40. The van der Waals surface area contributed by atoms with Crippen LogP contribution in [0, 0.1) is 17.8 Å². The molecule has 0 aromatic heterocycles. The van der Waals surface area contributed by atoms with E-state index >= 15 is 0 Å². The Morgan fingerprint density at radius 2 is 1.79 bits per heavy atom. The van der Waals surface area contributed by atoms with Crippen molar-refractivity contribution in [1.29, 1.82) is 0 Å². The monoisotopic (exact) mass is 684 g/mol. The van der Waals surface area contributed by atoms with E-state index in [2.05, 4.69) is 4.99 Å². The summed E-state index contributed by atoms with van der Waals surface area (Å²) in [5, 5.41) is 45.6. The molecule has 1 amide bonds. The summed E-state index contributed by atoms with van der Waals surface area (Å²) in [6, 6.07) is -0.266. The predicted octanol–water partition coefficient (Wildman–Crippen LogP) is 2.01. The second kappa shape index (κ2) is 16.0. The Bertz CT molecular complexity index is 1190. The van der Waals surface area contributed by atoms with Crippen LogP contribution in [0.15, 0.2) is 16.6 Å². The lowest BCUT2D eigenvalue weighted by Gasteiger charge is -2.46. The zero-order valence-corrected chi connectivity index (χ0v) is 30.6. The minimum Gasteiger partial charge on any atom is -0.459 e. The van der Waals surface area contributed by atoms with Gasteiger partial charge in [0.1, 0.15) is 29.5 Å². The van der Waals surface area contributed by atoms with Gasteiger partial charge < -0.3 is 49.0 Å². The van der Waals surface area contributed by atoms with E-state index < -0.39 is 97.0 Å². The second-order valence-electron chi connectivity index (χ2n) is 15.0. The van der Waals surface area contributed by atoms with Gasteiger partial charge in [0.2, 0.25) is 5.91 Å². The number of cyclic esters (lactones) is 1. The van der Waals surface area contributed by atoms with Crippen LogP contribution < -0.4 is 0 Å². The minimum absolute atomic E-state index is 0.182. The first-order chi connectivity index (χ1) is 22.2. The number of hydrogen-bond donors (Lipinski definition) is 4. The van der Waals surface area contributed by atoms with Crippen LogP contribution in [-0.2, 0) is 33.3 Å². The van der Waals surface area contributed by atoms with Gasteiger partial charge in [-0.2, -0.15) is 0 Å². The normalized spacial score (nSPS) is 45.8. The number of aliphatic hydroxyl groups is 4. The maximum absolute atomic E-state index is 13.6. The average molecular weight is 685 g/mol. The van der Waals surface area contributed by atoms with Crippen LogP contribution in [0.5, 0.6) is 0 Å². The average Bonchev–Trinajstić information content (AvgIpc) is 3.01. The van der Waals surface area contributed by atoms with Gasteiger partial charge in [-0.3, -0.25) is 9.59 Å². The molecule has 0 aromatic carbocycles. The minimum atomic E-state index is -1.92. The number of aliphatic hydroxyl groups excluding tert-OH is 2. The van der Waals surface area contributed by atoms with Crippen molar-refractivity contribution in [2.24, 2.45) is 22.7 Å². The summed E-state index contributed by atoms with van der Waals surface area (Å²) in [5.41, 5.74) is -4.06. The summed E-state index contributed by atoms with van der Waals surface area (Å²) >= 11 is 0. The van der Waals surface area contributed by atoms with E-state index in [4.69, 9.17) is 23.7 Å². The molecule has 4 N–H and O–H groups in total. The van der Waals surface area contributed by atoms with Crippen molar-refractivity contribution in [1.82, 2.24) is 4.90 Å². The van der Waals surface area contributed by atoms with Crippen LogP contribution in [0.1, 0.15) is 81.6 Å². The number of fused-ring (bicyclic) bond motifs is 5. The highest BCUT2D eigenvalue weighted by atomic mass is 16.7. The number of likely N-dealkylation sites (N-methyl/N-ethyl adjacent to an activating group) is 1. The lowest BCUT2D eigenvalue weighted by Crippen LogP contribution is -2.58. The van der Waals surface area contributed by atoms with Crippen molar-refractivity contribution in [3.8, 4) is 0 Å². The highest BCUT2D eigenvalue weighted by molar-refractivity contribution is 5.97. The molecule has 2 saturated heterocycles. The van der Waals surface area contributed by atoms with Crippen LogP contribution >= 0.6 is 0 Å². The SMILES string of the molecule is CC[C@H]1OC(=O)C(C)/C=C(/C)[C@@H](O[C@@H]2O[C@H](C)C[C@H](N(C)C)[C@H]2O)[C@@]2(C)C[C@@H](C)C(=NC(C)=O)[C@H](C)[C@H](OCC(O)(CO)CO2)[C@]1(C)O. The van der Waals surface area contributed by atoms with Gasteiger partial charge in [-0.15, -0.1) is 0 Å². The number of nitrogens with zero attached hydrogens (tertiary/aromatic N) is 2. The van der Waals surface area contributed by atoms with E-state index in [-0.39, 0.29) is 25.0 Å². The molecule has 3 rings (SSSR count). The molecule has 0 aromatic rings. The van der Waals surface area contributed by atoms with Gasteiger partial charge in [0.15, 0.2) is 6.29 Å². The van der Waals surface area contributed by atoms with Gasteiger partial charge in [0, 0.05) is 24.6 Å². The molecule has 276 valence electrons. The van der Waals surface area contributed by atoms with E-state index in [9.17, 15) is 30.0 Å². The van der Waals surface area contributed by atoms with Gasteiger partial charge in [-0.05, 0) is 79.5 Å². The number of carbonyl (C=O) groups is 2. The van der Waals surface area contributed by atoms with Crippen molar-refractivity contribution in [3.05, 3.63) is 11.6 Å². The summed E-state index contributed by atoms with van der Waals surface area (Å²) in [5.74, 6) is -3.01. The zero-order chi connectivity index (χ0) is 36.4. The number of ether oxygens (including phenoxy) is 5. The molecule has 3 aliphatic rings. The molecular formula is C35H60N2O11. The number of aliphatic imine (C=N–C) groups is 1. The van der Waals surface area contributed by atoms with Crippen molar-refractivity contribution in [2.45, 2.75) is 141 Å². The molecule has 2 bridgehead atoms. The van der Waals surface area contributed by atoms with Crippen LogP contribution in [-0.4, -0.2) is 136 Å². The molecule has 13 heteroatoms. The van der Waals surface area contributed by atoms with Crippen molar-refractivity contribution >= 4 is 17.6 Å². The second-order valence-corrected chi connectivity index (χ2v) is 15.0. The smallest absolute Gasteiger partial charge is 0.312 e. The molecule has 2 unspecified atom stereocenters. The number of carbonyl (C=O) groups excluding carboxylic acids is 2. The van der Waals surface area contributed by atoms with Gasteiger partial charge in [0.05, 0.1) is 43.5 Å². The summed E-state index contributed by atoms with van der Waals surface area (Å²) in [6.07, 6.45) is -2.80. The van der Waals surface area contributed by atoms with Gasteiger partial charge in [-0.1, -0.05) is 26.8 Å². The molecule has 13 nitrogen and oxygen atoms in total. The summed E-state index contributed by atoms with van der Waals surface area (Å²) in [4.78, 5) is 32.5. The lowest BCUT2D eigenvalue weighted by molar-refractivity contribution is -0.289. The van der Waals surface area contributed by atoms with Gasteiger partial charge in [0.25, 0.3) is 0 Å². The zero-order valence-electron chi connectivity index (χ0n) is 30.6. The molecule has 0 radical (unpaired) electrons. The summed E-state index contributed by atoms with van der Waals surface area (Å²) < 4.78 is 31.7. The third-order valence-electron chi connectivity index (χ3n) is 10.2. The Hall–Kier alpha value is -1.81. The molecule has 0 spiro atoms. The van der Waals surface area contributed by atoms with Crippen molar-refractivity contribution in [3.63, 3.8) is 0 Å². The number of rotatable bonds is 5. The Balaban J connectivity index is 2.34. The van der Waals surface area contributed by atoms with Crippen molar-refractivity contribution in [2.75, 3.05) is 33.9 Å². The van der Waals surface area contributed by atoms with E-state index in [1.165, 1.54) is 13.8 Å². The van der Waals surface area contributed by atoms with E-state index in [1.54, 1.807) is 40.7 Å². The summed E-state index contributed by atoms with van der Waals surface area (Å²) in [7, 11) is 3.75. The number of esters is 1. The topological polar surface area (TPSA) is 177 Å². The van der Waals surface area contributed by atoms with E-state index in [1.807, 2.05) is 32.8 Å². The molecule has 3 heterocycles. The van der Waals surface area contributed by atoms with Crippen LogP contribution in [0.4, 0.5) is 0 Å². The first kappa shape index (κ1) is 40.6. The highest BCUT2D eigenvalue weighted by Gasteiger charge is 2.52. The quantitative estimate of drug-likeness (QED) is 0.245. The fourth-order valence-electron chi connectivity index (χ4n) is 7.57. The molecule has 13 atom stereocenters. The fraction of sp³-hybridized carbons (Fsp3) is 0.857. The van der Waals surface area contributed by atoms with Crippen LogP contribution in [0.3, 0.4) is 0 Å². The van der Waals surface area contributed by atoms with Crippen molar-refractivity contribution < 1.29 is 53.7 Å². The maximum Gasteiger partial charge on any atom is 0.312 e. The Labute approximate surface area is 285 Å². The van der Waals surface area contributed by atoms with E-state index in [0.29, 0.717) is 17.7 Å². The largest absolute Gasteiger partial charge is 0.459 e. The molecule has 3 aliphatic heterocycles. The van der Waals surface area contributed by atoms with Crippen LogP contribution in [0.25, 0.3) is 0 Å². The Morgan fingerprint density at radius 3 is 2.35 bits per heavy atom. The maximum atomic E-state index is 13.6. The van der Waals surface area contributed by atoms with Gasteiger partial charge >= 0.3 is 5.97 Å².